The summed E-state index contributed by atoms with van der Waals surface area (Å²) in [6.07, 6.45) is 5.18. The van der Waals surface area contributed by atoms with Gasteiger partial charge in [-0.2, -0.15) is 9.61 Å². The fourth-order valence-corrected chi connectivity index (χ4v) is 4.73. The number of piperidine rings is 1. The summed E-state index contributed by atoms with van der Waals surface area (Å²) in [5.41, 5.74) is 3.19. The zero-order valence-corrected chi connectivity index (χ0v) is 19.8. The Morgan fingerprint density at radius 2 is 1.79 bits per heavy atom. The molecule has 0 spiro atoms. The molecular weight excluding hydrogens is 482 g/mol. The number of ether oxygens (including phenoxy) is 1. The molecular formula is C25H24BrN5O2. The first kappa shape index (κ1) is 21.5. The van der Waals surface area contributed by atoms with Gasteiger partial charge in [-0.15, -0.1) is 0 Å². The van der Waals surface area contributed by atoms with Gasteiger partial charge in [0.05, 0.1) is 23.5 Å². The van der Waals surface area contributed by atoms with E-state index in [1.165, 1.54) is 5.56 Å². The Morgan fingerprint density at radius 1 is 1.06 bits per heavy atom. The van der Waals surface area contributed by atoms with Gasteiger partial charge in [0, 0.05) is 19.3 Å². The maximum absolute atomic E-state index is 13.6. The topological polar surface area (TPSA) is 71.8 Å². The Labute approximate surface area is 200 Å². The van der Waals surface area contributed by atoms with Gasteiger partial charge in [-0.05, 0) is 52.4 Å². The van der Waals surface area contributed by atoms with Crippen LogP contribution >= 0.6 is 15.9 Å². The number of fused-ring (bicyclic) bond motifs is 1. The highest BCUT2D eigenvalue weighted by atomic mass is 79.9. The quantitative estimate of drug-likeness (QED) is 0.400. The van der Waals surface area contributed by atoms with Crippen LogP contribution in [0.15, 0.2) is 71.5 Å². The Hall–Kier alpha value is -3.39. The molecule has 0 bridgehead atoms. The van der Waals surface area contributed by atoms with Crippen LogP contribution in [0, 0.1) is 0 Å². The van der Waals surface area contributed by atoms with Gasteiger partial charge in [-0.3, -0.25) is 4.79 Å². The minimum atomic E-state index is -0.0556. The molecule has 8 heteroatoms. The van der Waals surface area contributed by atoms with Gasteiger partial charge in [-0.25, -0.2) is 4.98 Å². The molecule has 1 fully saturated rings. The van der Waals surface area contributed by atoms with Crippen LogP contribution in [0.3, 0.4) is 0 Å². The van der Waals surface area contributed by atoms with Crippen LogP contribution in [0.1, 0.15) is 34.7 Å². The normalized spacial score (nSPS) is 14.4. The van der Waals surface area contributed by atoms with Crippen LogP contribution < -0.4 is 10.1 Å². The second kappa shape index (κ2) is 9.23. The van der Waals surface area contributed by atoms with E-state index in [2.05, 4.69) is 55.6 Å². The minimum absolute atomic E-state index is 0.0556. The van der Waals surface area contributed by atoms with Crippen molar-refractivity contribution < 1.29 is 9.53 Å². The van der Waals surface area contributed by atoms with Crippen molar-refractivity contribution in [3.63, 3.8) is 0 Å². The fourth-order valence-electron chi connectivity index (χ4n) is 4.37. The van der Waals surface area contributed by atoms with Crippen LogP contribution in [0.25, 0.3) is 5.65 Å². The third-order valence-corrected chi connectivity index (χ3v) is 6.69. The Balaban J connectivity index is 1.45. The van der Waals surface area contributed by atoms with Crippen LogP contribution in [0.4, 0.5) is 11.5 Å². The van der Waals surface area contributed by atoms with Crippen molar-refractivity contribution in [1.82, 2.24) is 19.5 Å². The molecule has 5 rings (SSSR count). The second-order valence-electron chi connectivity index (χ2n) is 8.05. The van der Waals surface area contributed by atoms with Crippen molar-refractivity contribution in [2.45, 2.75) is 18.8 Å². The molecule has 1 aliphatic rings. The number of hydrogen-bond donors (Lipinski definition) is 1. The number of carbonyl (C=O) groups excluding carboxylic acids is 1. The minimum Gasteiger partial charge on any atom is -0.495 e. The third kappa shape index (κ3) is 4.18. The molecule has 1 saturated heterocycles. The molecule has 2 aromatic carbocycles. The lowest BCUT2D eigenvalue weighted by Gasteiger charge is -2.32. The van der Waals surface area contributed by atoms with E-state index in [1.54, 1.807) is 24.0 Å². The van der Waals surface area contributed by atoms with Gasteiger partial charge in [-0.1, -0.05) is 42.5 Å². The lowest BCUT2D eigenvalue weighted by molar-refractivity contribution is 0.0713. The standard InChI is InChI=1S/C25H24BrN5O2/c1-33-22-10-6-5-9-21(22)29-23-19(15-27-24-20(26)16-28-31(23)24)25(32)30-13-11-18(12-14-30)17-7-3-2-4-8-17/h2-10,15-16,18,29H,11-14H2,1H3. The van der Waals surface area contributed by atoms with Crippen molar-refractivity contribution in [3.05, 3.63) is 82.6 Å². The summed E-state index contributed by atoms with van der Waals surface area (Å²) in [6.45, 7) is 1.40. The number of carbonyl (C=O) groups is 1. The van der Waals surface area contributed by atoms with E-state index in [9.17, 15) is 4.79 Å². The van der Waals surface area contributed by atoms with Gasteiger partial charge in [0.15, 0.2) is 5.65 Å². The summed E-state index contributed by atoms with van der Waals surface area (Å²) in [6, 6.07) is 18.1. The van der Waals surface area contributed by atoms with E-state index in [1.807, 2.05) is 35.2 Å². The maximum Gasteiger partial charge on any atom is 0.259 e. The second-order valence-corrected chi connectivity index (χ2v) is 8.91. The molecule has 0 unspecified atom stereocenters. The summed E-state index contributed by atoms with van der Waals surface area (Å²) in [5.74, 6) is 1.66. The lowest BCUT2D eigenvalue weighted by Crippen LogP contribution is -2.38. The number of methoxy groups -OCH3 is 1. The Bertz CT molecular complexity index is 1280. The number of amides is 1. The summed E-state index contributed by atoms with van der Waals surface area (Å²) < 4.78 is 7.90. The monoisotopic (exact) mass is 505 g/mol. The molecule has 0 atom stereocenters. The van der Waals surface area contributed by atoms with E-state index < -0.39 is 0 Å². The number of para-hydroxylation sites is 2. The Kier molecular flexibility index (Phi) is 6.00. The smallest absolute Gasteiger partial charge is 0.259 e. The van der Waals surface area contributed by atoms with Crippen molar-refractivity contribution >= 4 is 39.0 Å². The predicted molar refractivity (Wildman–Crippen MR) is 131 cm³/mol. The number of anilines is 2. The van der Waals surface area contributed by atoms with Gasteiger partial charge in [0.1, 0.15) is 17.1 Å². The largest absolute Gasteiger partial charge is 0.495 e. The van der Waals surface area contributed by atoms with E-state index in [0.29, 0.717) is 41.8 Å². The van der Waals surface area contributed by atoms with Gasteiger partial charge in [0.2, 0.25) is 0 Å². The third-order valence-electron chi connectivity index (χ3n) is 6.13. The van der Waals surface area contributed by atoms with Crippen LogP contribution in [0.2, 0.25) is 0 Å². The van der Waals surface area contributed by atoms with Gasteiger partial charge in [0.25, 0.3) is 5.91 Å². The first-order valence-corrected chi connectivity index (χ1v) is 11.7. The molecule has 3 heterocycles. The van der Waals surface area contributed by atoms with E-state index in [4.69, 9.17) is 4.74 Å². The number of aromatic nitrogens is 3. The molecule has 1 aliphatic heterocycles. The van der Waals surface area contributed by atoms with E-state index in [0.717, 1.165) is 23.0 Å². The molecule has 168 valence electrons. The highest BCUT2D eigenvalue weighted by Crippen LogP contribution is 2.32. The highest BCUT2D eigenvalue weighted by Gasteiger charge is 2.28. The fraction of sp³-hybridized carbons (Fsp3) is 0.240. The number of nitrogens with zero attached hydrogens (tertiary/aromatic N) is 4. The average molecular weight is 506 g/mol. The molecule has 7 nitrogen and oxygen atoms in total. The average Bonchev–Trinajstić information content (AvgIpc) is 3.26. The van der Waals surface area contributed by atoms with E-state index >= 15 is 0 Å². The number of nitrogens with one attached hydrogen (secondary N) is 1. The van der Waals surface area contributed by atoms with Crippen LogP contribution in [-0.2, 0) is 0 Å². The molecule has 2 aromatic heterocycles. The SMILES string of the molecule is COc1ccccc1Nc1c(C(=O)N2CCC(c3ccccc3)CC2)cnc2c(Br)cnn12. The zero-order valence-electron chi connectivity index (χ0n) is 18.2. The molecule has 33 heavy (non-hydrogen) atoms. The van der Waals surface area contributed by atoms with Crippen molar-refractivity contribution in [2.24, 2.45) is 0 Å². The molecule has 0 saturated carbocycles. The molecule has 0 aliphatic carbocycles. The first-order chi connectivity index (χ1) is 16.2. The highest BCUT2D eigenvalue weighted by molar-refractivity contribution is 9.10. The number of likely N-dealkylation sites (tertiary alicyclic amines) is 1. The molecule has 0 radical (unpaired) electrons. The summed E-state index contributed by atoms with van der Waals surface area (Å²) in [5, 5.41) is 7.81. The van der Waals surface area contributed by atoms with Gasteiger partial charge < -0.3 is 15.0 Å². The molecule has 1 amide bonds. The molecule has 4 aromatic rings. The van der Waals surface area contributed by atoms with E-state index in [-0.39, 0.29) is 5.91 Å². The summed E-state index contributed by atoms with van der Waals surface area (Å²) in [4.78, 5) is 20.0. The first-order valence-electron chi connectivity index (χ1n) is 10.9. The Morgan fingerprint density at radius 3 is 2.55 bits per heavy atom. The zero-order chi connectivity index (χ0) is 22.8. The summed E-state index contributed by atoms with van der Waals surface area (Å²) in [7, 11) is 1.62. The predicted octanol–water partition coefficient (Wildman–Crippen LogP) is 5.26. The number of benzene rings is 2. The van der Waals surface area contributed by atoms with Crippen LogP contribution in [0.5, 0.6) is 5.75 Å². The van der Waals surface area contributed by atoms with Crippen LogP contribution in [-0.4, -0.2) is 45.6 Å². The van der Waals surface area contributed by atoms with Gasteiger partial charge >= 0.3 is 0 Å². The van der Waals surface area contributed by atoms with Crippen molar-refractivity contribution in [2.75, 3.05) is 25.5 Å². The maximum atomic E-state index is 13.6. The number of halogens is 1. The van der Waals surface area contributed by atoms with Crippen molar-refractivity contribution in [3.8, 4) is 5.75 Å². The molecule has 1 N–H and O–H groups in total. The number of hydrogen-bond acceptors (Lipinski definition) is 5. The van der Waals surface area contributed by atoms with Crippen molar-refractivity contribution in [1.29, 1.82) is 0 Å². The lowest BCUT2D eigenvalue weighted by atomic mass is 9.89. The summed E-state index contributed by atoms with van der Waals surface area (Å²) >= 11 is 3.49. The number of rotatable bonds is 5.